The van der Waals surface area contributed by atoms with Crippen LogP contribution in [0.4, 0.5) is 0 Å². The number of nitrogens with one attached hydrogen (secondary N) is 1. The van der Waals surface area contributed by atoms with E-state index in [1.807, 2.05) is 31.3 Å². The summed E-state index contributed by atoms with van der Waals surface area (Å²) in [7, 11) is 5.51. The molecule has 0 bridgehead atoms. The lowest BCUT2D eigenvalue weighted by Crippen LogP contribution is -2.42. The van der Waals surface area contributed by atoms with Gasteiger partial charge in [-0.25, -0.2) is 0 Å². The summed E-state index contributed by atoms with van der Waals surface area (Å²) < 4.78 is 11.2. The highest BCUT2D eigenvalue weighted by molar-refractivity contribution is 14.0. The van der Waals surface area contributed by atoms with Gasteiger partial charge in [-0.1, -0.05) is 30.3 Å². The predicted octanol–water partition coefficient (Wildman–Crippen LogP) is 3.32. The molecule has 1 aliphatic heterocycles. The van der Waals surface area contributed by atoms with Crippen molar-refractivity contribution >= 4 is 29.9 Å². The highest BCUT2D eigenvalue weighted by Gasteiger charge is 2.22. The van der Waals surface area contributed by atoms with Crippen LogP contribution in [0.15, 0.2) is 53.5 Å². The Morgan fingerprint density at radius 2 is 1.96 bits per heavy atom. The molecule has 0 radical (unpaired) electrons. The molecule has 0 amide bonds. The van der Waals surface area contributed by atoms with Crippen LogP contribution in [0.1, 0.15) is 11.1 Å². The number of benzene rings is 2. The van der Waals surface area contributed by atoms with Crippen LogP contribution in [0.3, 0.4) is 0 Å². The molecule has 1 N–H and O–H groups in total. The van der Waals surface area contributed by atoms with Gasteiger partial charge in [0.15, 0.2) is 5.96 Å². The third-order valence-electron chi connectivity index (χ3n) is 4.35. The van der Waals surface area contributed by atoms with Crippen molar-refractivity contribution in [1.82, 2.24) is 10.2 Å². The molecule has 0 saturated heterocycles. The lowest BCUT2D eigenvalue weighted by atomic mass is 10.1. The summed E-state index contributed by atoms with van der Waals surface area (Å²) in [5.74, 6) is 2.72. The fourth-order valence-corrected chi connectivity index (χ4v) is 3.04. The Balaban J connectivity index is 0.00000243. The number of halogens is 1. The first-order valence-electron chi connectivity index (χ1n) is 8.49. The van der Waals surface area contributed by atoms with Gasteiger partial charge in [-0.15, -0.1) is 24.0 Å². The molecular weight excluding hydrogens is 441 g/mol. The molecule has 1 aliphatic rings. The molecule has 26 heavy (non-hydrogen) atoms. The predicted molar refractivity (Wildman–Crippen MR) is 116 cm³/mol. The summed E-state index contributed by atoms with van der Waals surface area (Å²) in [6.07, 6.45) is 1.08. The van der Waals surface area contributed by atoms with Gasteiger partial charge in [0.2, 0.25) is 0 Å². The van der Waals surface area contributed by atoms with Gasteiger partial charge in [0.1, 0.15) is 17.6 Å². The van der Waals surface area contributed by atoms with Crippen LogP contribution < -0.4 is 14.8 Å². The van der Waals surface area contributed by atoms with Crippen LogP contribution in [0.25, 0.3) is 0 Å². The van der Waals surface area contributed by atoms with Crippen LogP contribution in [-0.2, 0) is 13.0 Å². The van der Waals surface area contributed by atoms with Crippen molar-refractivity contribution < 1.29 is 9.47 Å². The highest BCUT2D eigenvalue weighted by atomic mass is 127. The van der Waals surface area contributed by atoms with E-state index < -0.39 is 0 Å². The van der Waals surface area contributed by atoms with E-state index in [1.165, 1.54) is 11.1 Å². The minimum absolute atomic E-state index is 0. The summed E-state index contributed by atoms with van der Waals surface area (Å²) in [5.41, 5.74) is 2.48. The molecule has 3 rings (SSSR count). The topological polar surface area (TPSA) is 46.1 Å². The van der Waals surface area contributed by atoms with Gasteiger partial charge in [0.25, 0.3) is 0 Å². The lowest BCUT2D eigenvalue weighted by Gasteiger charge is -2.23. The molecule has 140 valence electrons. The Kier molecular flexibility index (Phi) is 7.56. The van der Waals surface area contributed by atoms with E-state index >= 15 is 0 Å². The van der Waals surface area contributed by atoms with Crippen LogP contribution in [0.5, 0.6) is 11.5 Å². The molecule has 1 atom stereocenters. The second-order valence-electron chi connectivity index (χ2n) is 6.18. The minimum Gasteiger partial charge on any atom is -0.497 e. The molecule has 2 aromatic rings. The Morgan fingerprint density at radius 1 is 1.23 bits per heavy atom. The maximum atomic E-state index is 5.98. The van der Waals surface area contributed by atoms with Gasteiger partial charge in [0, 0.05) is 27.1 Å². The number of methoxy groups -OCH3 is 1. The number of guanidine groups is 1. The van der Waals surface area contributed by atoms with Gasteiger partial charge in [-0.3, -0.25) is 4.99 Å². The first-order chi connectivity index (χ1) is 12.2. The van der Waals surface area contributed by atoms with E-state index in [9.17, 15) is 0 Å². The molecule has 0 spiro atoms. The number of rotatable bonds is 5. The zero-order valence-corrected chi connectivity index (χ0v) is 17.8. The SMILES string of the molecule is CN=C(NCC1Cc2ccccc2O1)N(C)Cc1ccc(OC)cc1.I. The number of para-hydroxylation sites is 1. The Bertz CT molecular complexity index is 709. The number of hydrogen-bond donors (Lipinski definition) is 1. The van der Waals surface area contributed by atoms with Gasteiger partial charge in [-0.2, -0.15) is 0 Å². The first kappa shape index (κ1) is 20.4. The van der Waals surface area contributed by atoms with E-state index in [2.05, 4.69) is 39.5 Å². The number of fused-ring (bicyclic) bond motifs is 1. The van der Waals surface area contributed by atoms with Gasteiger partial charge < -0.3 is 19.7 Å². The number of aliphatic imine (C=N–C) groups is 1. The van der Waals surface area contributed by atoms with Crippen LogP contribution in [-0.4, -0.2) is 44.7 Å². The van der Waals surface area contributed by atoms with Crippen molar-refractivity contribution in [1.29, 1.82) is 0 Å². The maximum absolute atomic E-state index is 5.98. The third-order valence-corrected chi connectivity index (χ3v) is 4.35. The zero-order chi connectivity index (χ0) is 17.6. The van der Waals surface area contributed by atoms with Gasteiger partial charge in [-0.05, 0) is 29.3 Å². The Labute approximate surface area is 172 Å². The average molecular weight is 467 g/mol. The van der Waals surface area contributed by atoms with Gasteiger partial charge >= 0.3 is 0 Å². The molecule has 0 aromatic heterocycles. The van der Waals surface area contributed by atoms with Crippen molar-refractivity contribution in [2.45, 2.75) is 19.1 Å². The fraction of sp³-hybridized carbons (Fsp3) is 0.350. The normalized spacial score (nSPS) is 15.5. The van der Waals surface area contributed by atoms with Crippen molar-refractivity contribution in [2.24, 2.45) is 4.99 Å². The Morgan fingerprint density at radius 3 is 2.62 bits per heavy atom. The van der Waals surface area contributed by atoms with E-state index in [-0.39, 0.29) is 30.1 Å². The summed E-state index contributed by atoms with van der Waals surface area (Å²) in [4.78, 5) is 6.48. The van der Waals surface area contributed by atoms with E-state index in [4.69, 9.17) is 9.47 Å². The summed E-state index contributed by atoms with van der Waals surface area (Å²) in [6.45, 7) is 1.50. The van der Waals surface area contributed by atoms with E-state index in [0.717, 1.165) is 37.0 Å². The standard InChI is InChI=1S/C20H25N3O2.HI/c1-21-20(23(2)14-15-8-10-17(24-3)11-9-15)22-13-18-12-16-6-4-5-7-19(16)25-18;/h4-11,18H,12-14H2,1-3H3,(H,21,22);1H. The minimum atomic E-state index is 0. The van der Waals surface area contributed by atoms with Crippen molar-refractivity contribution in [3.05, 3.63) is 59.7 Å². The summed E-state index contributed by atoms with van der Waals surface area (Å²) in [6, 6.07) is 16.3. The molecule has 0 fully saturated rings. The molecule has 0 aliphatic carbocycles. The summed E-state index contributed by atoms with van der Waals surface area (Å²) >= 11 is 0. The third kappa shape index (κ3) is 5.03. The number of nitrogens with zero attached hydrogens (tertiary/aromatic N) is 2. The van der Waals surface area contributed by atoms with Crippen molar-refractivity contribution in [2.75, 3.05) is 27.7 Å². The molecule has 1 heterocycles. The van der Waals surface area contributed by atoms with E-state index in [1.54, 1.807) is 14.2 Å². The molecule has 6 heteroatoms. The average Bonchev–Trinajstić information content (AvgIpc) is 3.05. The second kappa shape index (κ2) is 9.66. The van der Waals surface area contributed by atoms with Crippen LogP contribution in [0.2, 0.25) is 0 Å². The van der Waals surface area contributed by atoms with Crippen molar-refractivity contribution in [3.63, 3.8) is 0 Å². The second-order valence-corrected chi connectivity index (χ2v) is 6.18. The van der Waals surface area contributed by atoms with Crippen LogP contribution >= 0.6 is 24.0 Å². The molecule has 2 aromatic carbocycles. The van der Waals surface area contributed by atoms with Crippen molar-refractivity contribution in [3.8, 4) is 11.5 Å². The first-order valence-corrected chi connectivity index (χ1v) is 8.49. The number of hydrogen-bond acceptors (Lipinski definition) is 3. The molecule has 5 nitrogen and oxygen atoms in total. The molecule has 1 unspecified atom stereocenters. The fourth-order valence-electron chi connectivity index (χ4n) is 3.04. The smallest absolute Gasteiger partial charge is 0.193 e. The summed E-state index contributed by atoms with van der Waals surface area (Å²) in [5, 5.41) is 3.42. The zero-order valence-electron chi connectivity index (χ0n) is 15.4. The molecular formula is C20H26IN3O2. The largest absolute Gasteiger partial charge is 0.497 e. The lowest BCUT2D eigenvalue weighted by molar-refractivity contribution is 0.233. The highest BCUT2D eigenvalue weighted by Crippen LogP contribution is 2.27. The van der Waals surface area contributed by atoms with E-state index in [0.29, 0.717) is 0 Å². The monoisotopic (exact) mass is 467 g/mol. The maximum Gasteiger partial charge on any atom is 0.193 e. The van der Waals surface area contributed by atoms with Crippen LogP contribution in [0, 0.1) is 0 Å². The van der Waals surface area contributed by atoms with Gasteiger partial charge in [0.05, 0.1) is 13.7 Å². The molecule has 0 saturated carbocycles. The number of ether oxygens (including phenoxy) is 2. The Hall–Kier alpha value is -1.96. The quantitative estimate of drug-likeness (QED) is 0.417.